The fraction of sp³-hybridized carbons (Fsp3) is 0.391. The summed E-state index contributed by atoms with van der Waals surface area (Å²) in [5, 5.41) is 5.10. The van der Waals surface area contributed by atoms with Crippen molar-refractivity contribution in [1.82, 2.24) is 15.5 Å². The van der Waals surface area contributed by atoms with E-state index in [0.29, 0.717) is 6.42 Å². The quantitative estimate of drug-likeness (QED) is 0.301. The van der Waals surface area contributed by atoms with Gasteiger partial charge in [0.25, 0.3) is 0 Å². The summed E-state index contributed by atoms with van der Waals surface area (Å²) in [4.78, 5) is 18.0. The van der Waals surface area contributed by atoms with Crippen LogP contribution in [-0.2, 0) is 20.8 Å². The van der Waals surface area contributed by atoms with Crippen LogP contribution in [0.4, 0.5) is 31.1 Å². The summed E-state index contributed by atoms with van der Waals surface area (Å²) in [5.41, 5.74) is 0.761. The number of carbonyl (C=O) groups excluding carboxylic acids is 1. The Labute approximate surface area is 222 Å². The lowest BCUT2D eigenvalue weighted by Gasteiger charge is -2.30. The van der Waals surface area contributed by atoms with E-state index in [-0.39, 0.29) is 6.61 Å². The number of hydrogen-bond acceptors (Lipinski definition) is 6. The van der Waals surface area contributed by atoms with Gasteiger partial charge in [-0.05, 0) is 12.0 Å². The maximum Gasteiger partial charge on any atom is 0.422 e. The van der Waals surface area contributed by atoms with Crippen molar-refractivity contribution in [3.05, 3.63) is 70.6 Å². The van der Waals surface area contributed by atoms with Crippen LogP contribution in [0, 0.1) is 0 Å². The van der Waals surface area contributed by atoms with Gasteiger partial charge in [-0.25, -0.2) is 14.7 Å². The van der Waals surface area contributed by atoms with Crippen molar-refractivity contribution in [2.75, 3.05) is 19.9 Å². The molecule has 2 unspecified atom stereocenters. The van der Waals surface area contributed by atoms with Crippen LogP contribution in [0.25, 0.3) is 0 Å². The van der Waals surface area contributed by atoms with E-state index in [1.165, 1.54) is 0 Å². The zero-order chi connectivity index (χ0) is 27.8. The highest BCUT2D eigenvalue weighted by Crippen LogP contribution is 2.21. The van der Waals surface area contributed by atoms with Gasteiger partial charge in [-0.2, -0.15) is 26.3 Å². The molecule has 1 aliphatic carbocycles. The van der Waals surface area contributed by atoms with Gasteiger partial charge in [0.2, 0.25) is 5.96 Å². The molecular formula is C23H23BrF6N4O4. The first-order valence-corrected chi connectivity index (χ1v) is 11.9. The van der Waals surface area contributed by atoms with E-state index in [4.69, 9.17) is 9.47 Å². The Bertz CT molecular complexity index is 1080. The molecule has 38 heavy (non-hydrogen) atoms. The van der Waals surface area contributed by atoms with E-state index >= 15 is 0 Å². The normalized spacial score (nSPS) is 19.6. The summed E-state index contributed by atoms with van der Waals surface area (Å²) in [6.07, 6.45) is -4.70. The molecule has 8 nitrogen and oxygen atoms in total. The third kappa shape index (κ3) is 10.4. The van der Waals surface area contributed by atoms with Crippen molar-refractivity contribution < 1.29 is 45.3 Å². The molecule has 1 aromatic rings. The van der Waals surface area contributed by atoms with Crippen molar-refractivity contribution >= 4 is 27.9 Å². The summed E-state index contributed by atoms with van der Waals surface area (Å²) >= 11 is 3.31. The Balaban J connectivity index is 1.80. The van der Waals surface area contributed by atoms with Crippen LogP contribution in [0.2, 0.25) is 0 Å². The third-order valence-corrected chi connectivity index (χ3v) is 5.37. The number of urea groups is 1. The number of amides is 2. The predicted molar refractivity (Wildman–Crippen MR) is 127 cm³/mol. The molecule has 2 amide bonds. The first-order chi connectivity index (χ1) is 17.9. The van der Waals surface area contributed by atoms with Crippen molar-refractivity contribution in [2.24, 2.45) is 4.99 Å². The van der Waals surface area contributed by atoms with E-state index in [9.17, 15) is 31.1 Å². The van der Waals surface area contributed by atoms with Crippen molar-refractivity contribution in [1.29, 1.82) is 0 Å². The number of guanidine groups is 1. The van der Waals surface area contributed by atoms with Gasteiger partial charge >= 0.3 is 18.4 Å². The smallest absolute Gasteiger partial charge is 0.422 e. The summed E-state index contributed by atoms with van der Waals surface area (Å²) in [5.74, 6) is -1.02. The van der Waals surface area contributed by atoms with Gasteiger partial charge in [-0.1, -0.05) is 64.5 Å². The number of nitrogens with one attached hydrogen (secondary N) is 2. The summed E-state index contributed by atoms with van der Waals surface area (Å²) in [7, 11) is 0. The van der Waals surface area contributed by atoms with E-state index in [0.717, 1.165) is 21.0 Å². The Morgan fingerprint density at radius 3 is 2.47 bits per heavy atom. The molecule has 0 spiro atoms. The lowest BCUT2D eigenvalue weighted by Crippen LogP contribution is -2.53. The molecule has 0 saturated carbocycles. The van der Waals surface area contributed by atoms with Crippen LogP contribution in [0.15, 0.2) is 70.0 Å². The molecule has 3 rings (SSSR count). The average molecular weight is 613 g/mol. The van der Waals surface area contributed by atoms with Crippen LogP contribution in [0.3, 0.4) is 0 Å². The van der Waals surface area contributed by atoms with E-state index in [2.05, 4.69) is 36.3 Å². The highest BCUT2D eigenvalue weighted by Gasteiger charge is 2.34. The first kappa shape index (κ1) is 29.5. The number of alkyl halides is 6. The summed E-state index contributed by atoms with van der Waals surface area (Å²) in [6.45, 7) is -3.88. The molecule has 0 radical (unpaired) electrons. The summed E-state index contributed by atoms with van der Waals surface area (Å²) < 4.78 is 92.1. The minimum atomic E-state index is -4.73. The molecule has 2 N–H and O–H groups in total. The second kappa shape index (κ2) is 13.2. The van der Waals surface area contributed by atoms with Gasteiger partial charge in [0.15, 0.2) is 18.7 Å². The number of carbonyl (C=O) groups is 1. The van der Waals surface area contributed by atoms with Gasteiger partial charge in [-0.15, -0.1) is 0 Å². The molecule has 2 aliphatic rings. The van der Waals surface area contributed by atoms with Crippen molar-refractivity contribution in [2.45, 2.75) is 37.7 Å². The molecule has 0 aromatic heterocycles. The molecule has 1 heterocycles. The van der Waals surface area contributed by atoms with Crippen LogP contribution in [0.1, 0.15) is 12.0 Å². The second-order valence-electron chi connectivity index (χ2n) is 7.96. The Morgan fingerprint density at radius 2 is 1.84 bits per heavy atom. The standard InChI is InChI=1S/C23H23BrF6N4O4/c24-16-6-8-17(9-7-16)31-21(35)34(14-36-11-15-4-2-1-3-5-15)20-32-18(37-12-22(25,26)27)10-19(33-20)38-13-23(28,29)30/h1-8,10,17-18H,9,11-14H2,(H,31,35)(H,32,33). The topological polar surface area (TPSA) is 84.4 Å². The minimum absolute atomic E-state index is 0.0538. The third-order valence-electron chi connectivity index (χ3n) is 4.78. The predicted octanol–water partition coefficient (Wildman–Crippen LogP) is 5.06. The maximum atomic E-state index is 13.2. The van der Waals surface area contributed by atoms with Crippen LogP contribution in [0.5, 0.6) is 0 Å². The van der Waals surface area contributed by atoms with Crippen LogP contribution in [-0.4, -0.2) is 61.5 Å². The largest absolute Gasteiger partial charge is 0.469 e. The fourth-order valence-electron chi connectivity index (χ4n) is 3.10. The maximum absolute atomic E-state index is 13.2. The van der Waals surface area contributed by atoms with Crippen LogP contribution < -0.4 is 10.6 Å². The van der Waals surface area contributed by atoms with Gasteiger partial charge in [0.1, 0.15) is 13.3 Å². The molecule has 0 fully saturated rings. The molecule has 2 atom stereocenters. The number of hydrogen-bond donors (Lipinski definition) is 2. The molecule has 1 aliphatic heterocycles. The lowest BCUT2D eigenvalue weighted by molar-refractivity contribution is -0.181. The van der Waals surface area contributed by atoms with Crippen molar-refractivity contribution in [3.63, 3.8) is 0 Å². The minimum Gasteiger partial charge on any atom is -0.469 e. The molecule has 208 valence electrons. The zero-order valence-electron chi connectivity index (χ0n) is 19.6. The van der Waals surface area contributed by atoms with Crippen LogP contribution >= 0.6 is 15.9 Å². The number of aliphatic imine (C=N–C) groups is 1. The highest BCUT2D eigenvalue weighted by molar-refractivity contribution is 9.11. The van der Waals surface area contributed by atoms with Gasteiger partial charge in [0, 0.05) is 10.6 Å². The Kier molecular flexibility index (Phi) is 10.2. The molecule has 0 bridgehead atoms. The molecule has 15 heteroatoms. The lowest BCUT2D eigenvalue weighted by atomic mass is 10.1. The average Bonchev–Trinajstić information content (AvgIpc) is 2.85. The first-order valence-electron chi connectivity index (χ1n) is 11.1. The number of rotatable bonds is 9. The van der Waals surface area contributed by atoms with E-state index in [1.807, 2.05) is 6.08 Å². The monoisotopic (exact) mass is 612 g/mol. The number of ether oxygens (including phenoxy) is 3. The Morgan fingerprint density at radius 1 is 1.13 bits per heavy atom. The molecular weight excluding hydrogens is 590 g/mol. The van der Waals surface area contributed by atoms with E-state index < -0.39 is 62.4 Å². The van der Waals surface area contributed by atoms with Crippen molar-refractivity contribution in [3.8, 4) is 0 Å². The number of nitrogens with zero attached hydrogens (tertiary/aromatic N) is 2. The second-order valence-corrected chi connectivity index (χ2v) is 8.88. The zero-order valence-corrected chi connectivity index (χ0v) is 21.1. The summed E-state index contributed by atoms with van der Waals surface area (Å²) in [6, 6.07) is 7.65. The number of allylic oxidation sites excluding steroid dienone is 2. The highest BCUT2D eigenvalue weighted by atomic mass is 79.9. The van der Waals surface area contributed by atoms with E-state index in [1.54, 1.807) is 42.5 Å². The van der Waals surface area contributed by atoms with Gasteiger partial charge in [0.05, 0.1) is 12.6 Å². The molecule has 1 aromatic carbocycles. The van der Waals surface area contributed by atoms with Gasteiger partial charge in [-0.3, -0.25) is 5.32 Å². The molecule has 0 saturated heterocycles. The SMILES string of the molecule is O=C(NC1C=CC(Br)=CC1)N(COCc1ccccc1)C1=NC(OCC(F)(F)F)C=C(OCC(F)(F)F)N1. The number of benzene rings is 1. The van der Waals surface area contributed by atoms with Gasteiger partial charge < -0.3 is 19.5 Å². The number of halogens is 7. The Hall–Kier alpha value is -3.04. The fourth-order valence-corrected chi connectivity index (χ4v) is 3.44.